The highest BCUT2D eigenvalue weighted by atomic mass is 19.4. The molecule has 11 nitrogen and oxygen atoms in total. The minimum absolute atomic E-state index is 0.0610. The summed E-state index contributed by atoms with van der Waals surface area (Å²) in [6, 6.07) is 10.6. The third kappa shape index (κ3) is 21.5. The molecule has 0 bridgehead atoms. The van der Waals surface area contributed by atoms with E-state index < -0.39 is 136 Å². The van der Waals surface area contributed by atoms with Crippen molar-refractivity contribution in [2.45, 2.75) is 189 Å². The number of nitrogens with one attached hydrogen (secondary N) is 1. The second kappa shape index (κ2) is 33.2. The van der Waals surface area contributed by atoms with Crippen molar-refractivity contribution in [2.24, 2.45) is 21.4 Å². The highest BCUT2D eigenvalue weighted by Crippen LogP contribution is 2.64. The Morgan fingerprint density at radius 1 is 0.506 bits per heavy atom. The third-order valence-corrected chi connectivity index (χ3v) is 13.1. The quantitative estimate of drug-likeness (QED) is 0.0107. The fraction of sp³-hybridized carbons (Fsp3) is 0.685. The zero-order valence-electron chi connectivity index (χ0n) is 49.4. The number of nitrogens with zero attached hydrogens (tertiary/aromatic N) is 1. The van der Waals surface area contributed by atoms with E-state index in [-0.39, 0.29) is 25.6 Å². The van der Waals surface area contributed by atoms with Crippen molar-refractivity contribution >= 4 is 29.7 Å². The second-order valence-corrected chi connectivity index (χ2v) is 20.8. The molecule has 87 heavy (non-hydrogen) atoms. The Hall–Kier alpha value is -5.79. The smallest absolute Gasteiger partial charge is 0.460 e. The molecule has 0 heterocycles. The summed E-state index contributed by atoms with van der Waals surface area (Å²) < 4.78 is 307. The van der Waals surface area contributed by atoms with Gasteiger partial charge >= 0.3 is 71.6 Å². The molecule has 504 valence electrons. The number of alkyl halides is 17. The lowest BCUT2D eigenvalue weighted by Gasteiger charge is -2.42. The SMILES string of the molecule is CCC(C)(C)C(=O)OCCC(F)(F)C(F)(F)C(F)(F)C(F)(F)C(F)(F)C(F)(F)C(F)(F)C(F)(F)F.CCC(C)(C)C(=O)OCc1c(F)c(F)c(F)c(F)c1F.CCC(C)=NOC(=O)NCCOCCOC(=O)C(C)(C)CC.CCC(C)c1ccccc1. The summed E-state index contributed by atoms with van der Waals surface area (Å²) in [4.78, 5) is 50.6. The first-order valence-corrected chi connectivity index (χ1v) is 26.1. The molecule has 0 saturated heterocycles. The molecule has 1 unspecified atom stereocenters. The molecule has 1 N–H and O–H groups in total. The van der Waals surface area contributed by atoms with Crippen molar-refractivity contribution in [1.29, 1.82) is 0 Å². The molecule has 0 aliphatic heterocycles. The number of hydrogen-bond donors (Lipinski definition) is 1. The van der Waals surface area contributed by atoms with Crippen molar-refractivity contribution < 1.29 is 140 Å². The van der Waals surface area contributed by atoms with Crippen LogP contribution < -0.4 is 5.32 Å². The van der Waals surface area contributed by atoms with Crippen LogP contribution in [0.4, 0.5) is 101 Å². The Morgan fingerprint density at radius 3 is 1.28 bits per heavy atom. The minimum Gasteiger partial charge on any atom is -0.465 e. The molecule has 0 fully saturated rings. The van der Waals surface area contributed by atoms with E-state index in [1.54, 1.807) is 13.8 Å². The molecule has 1 amide bonds. The number of hydrogen-bond acceptors (Lipinski definition) is 10. The number of ether oxygens (including phenoxy) is 4. The zero-order chi connectivity index (χ0) is 69.0. The van der Waals surface area contributed by atoms with Gasteiger partial charge in [-0.05, 0) is 92.1 Å². The van der Waals surface area contributed by atoms with Gasteiger partial charge in [0.2, 0.25) is 5.82 Å². The molecule has 0 saturated carbocycles. The van der Waals surface area contributed by atoms with E-state index >= 15 is 0 Å². The predicted molar refractivity (Wildman–Crippen MR) is 269 cm³/mol. The number of oxime groups is 1. The molecular weight excluding hydrogens is 1240 g/mol. The van der Waals surface area contributed by atoms with Crippen LogP contribution in [0.5, 0.6) is 0 Å². The largest absolute Gasteiger partial charge is 0.465 e. The van der Waals surface area contributed by atoms with Gasteiger partial charge in [0.25, 0.3) is 0 Å². The van der Waals surface area contributed by atoms with Crippen molar-refractivity contribution in [3.63, 3.8) is 0 Å². The molecule has 2 rings (SSSR count). The summed E-state index contributed by atoms with van der Waals surface area (Å²) in [5, 5.41) is 6.12. The van der Waals surface area contributed by atoms with Gasteiger partial charge in [0.15, 0.2) is 23.3 Å². The van der Waals surface area contributed by atoms with Crippen LogP contribution in [0.1, 0.15) is 146 Å². The van der Waals surface area contributed by atoms with Crippen LogP contribution >= 0.6 is 0 Å². The van der Waals surface area contributed by atoms with Gasteiger partial charge in [-0.3, -0.25) is 19.2 Å². The van der Waals surface area contributed by atoms with E-state index in [2.05, 4.69) is 69.0 Å². The van der Waals surface area contributed by atoms with Crippen molar-refractivity contribution in [2.75, 3.05) is 33.0 Å². The molecule has 0 aliphatic rings. The Labute approximate surface area is 487 Å². The Balaban J connectivity index is 0. The Morgan fingerprint density at radius 2 is 0.885 bits per heavy atom. The first-order valence-electron chi connectivity index (χ1n) is 26.1. The lowest BCUT2D eigenvalue weighted by Crippen LogP contribution is -2.74. The molecule has 2 aromatic rings. The van der Waals surface area contributed by atoms with E-state index in [9.17, 15) is 116 Å². The monoisotopic (exact) mass is 1310 g/mol. The summed E-state index contributed by atoms with van der Waals surface area (Å²) in [5.41, 5.74) is -1.83. The topological polar surface area (TPSA) is 139 Å². The number of carbonyl (C=O) groups is 4. The van der Waals surface area contributed by atoms with Gasteiger partial charge in [0, 0.05) is 6.54 Å². The van der Waals surface area contributed by atoms with Crippen LogP contribution in [0.3, 0.4) is 0 Å². The lowest BCUT2D eigenvalue weighted by atomic mass is 9.88. The van der Waals surface area contributed by atoms with Crippen molar-refractivity contribution in [1.82, 2.24) is 5.32 Å². The fourth-order valence-corrected chi connectivity index (χ4v) is 5.31. The fourth-order valence-electron chi connectivity index (χ4n) is 5.31. The van der Waals surface area contributed by atoms with Crippen LogP contribution in [-0.4, -0.2) is 110 Å². The number of carbonyl (C=O) groups excluding carboxylic acids is 4. The summed E-state index contributed by atoms with van der Waals surface area (Å²) in [7, 11) is 0. The molecule has 0 spiro atoms. The van der Waals surface area contributed by atoms with E-state index in [4.69, 9.17) is 9.47 Å². The first-order chi connectivity index (χ1) is 39.2. The van der Waals surface area contributed by atoms with Gasteiger partial charge in [-0.2, -0.15) is 74.6 Å². The molecule has 0 aromatic heterocycles. The second-order valence-electron chi connectivity index (χ2n) is 20.8. The maximum atomic E-state index is 13.6. The number of esters is 3. The maximum Gasteiger partial charge on any atom is 0.460 e. The van der Waals surface area contributed by atoms with Gasteiger partial charge in [0.05, 0.1) is 53.8 Å². The van der Waals surface area contributed by atoms with Gasteiger partial charge in [-0.25, -0.2) is 26.7 Å². The van der Waals surface area contributed by atoms with E-state index in [0.29, 0.717) is 25.5 Å². The van der Waals surface area contributed by atoms with Crippen molar-refractivity contribution in [3.05, 3.63) is 70.5 Å². The van der Waals surface area contributed by atoms with E-state index in [1.165, 1.54) is 32.8 Å². The molecule has 0 radical (unpaired) electrons. The molecular formula is C54H70F22N2O9. The number of amides is 1. The average Bonchev–Trinajstić information content (AvgIpc) is 2.25. The van der Waals surface area contributed by atoms with Crippen LogP contribution in [-0.2, 0) is 44.8 Å². The van der Waals surface area contributed by atoms with Crippen molar-refractivity contribution in [3.8, 4) is 0 Å². The highest BCUT2D eigenvalue weighted by Gasteiger charge is 2.95. The Bertz CT molecular complexity index is 2510. The van der Waals surface area contributed by atoms with Gasteiger partial charge in [-0.1, -0.05) is 77.0 Å². The molecule has 2 aromatic carbocycles. The van der Waals surface area contributed by atoms with Crippen LogP contribution in [0.2, 0.25) is 0 Å². The van der Waals surface area contributed by atoms with Crippen LogP contribution in [0, 0.1) is 45.3 Å². The lowest BCUT2D eigenvalue weighted by molar-refractivity contribution is -0.461. The maximum absolute atomic E-state index is 13.6. The number of benzene rings is 2. The molecule has 33 heteroatoms. The predicted octanol–water partition coefficient (Wildman–Crippen LogP) is 16.9. The average molecular weight is 1310 g/mol. The zero-order valence-corrected chi connectivity index (χ0v) is 49.4. The summed E-state index contributed by atoms with van der Waals surface area (Å²) in [6.07, 6.45) is -8.22. The number of halogens is 22. The summed E-state index contributed by atoms with van der Waals surface area (Å²) >= 11 is 0. The first kappa shape index (κ1) is 83.3. The van der Waals surface area contributed by atoms with Gasteiger partial charge in [-0.15, -0.1) is 0 Å². The molecule has 0 aliphatic carbocycles. The van der Waals surface area contributed by atoms with Gasteiger partial charge < -0.3 is 24.3 Å². The third-order valence-electron chi connectivity index (χ3n) is 13.1. The normalized spacial score (nSPS) is 13.6. The Kier molecular flexibility index (Phi) is 31.7. The van der Waals surface area contributed by atoms with E-state index in [1.807, 2.05) is 27.7 Å². The van der Waals surface area contributed by atoms with Crippen LogP contribution in [0.15, 0.2) is 35.5 Å². The van der Waals surface area contributed by atoms with Gasteiger partial charge in [0.1, 0.15) is 13.2 Å². The number of rotatable bonds is 27. The summed E-state index contributed by atoms with van der Waals surface area (Å²) in [5.74, 6) is -68.8. The summed E-state index contributed by atoms with van der Waals surface area (Å²) in [6.45, 7) is 20.3. The minimum atomic E-state index is -8.67. The standard InChI is InChI=1S/C16H15F17O2.C15H28N2O5.C13H13F5O2.C10H14/c1-4-8(2,3)7(34)35-6-5-9(17,18)10(19,20)11(21,22)12(23,24)13(25,26)14(27,28)15(29,30)16(31,32)33;1-6-12(3)17-22-14(19)16-8-9-20-10-11-21-13(18)15(4,5)7-2;1-4-13(2,3)12(19)20-5-6-7(14)9(16)11(18)10(17)8(6)15;1-3-9(2)10-7-5-4-6-8-10/h4-6H2,1-3H3;6-11H2,1-5H3,(H,16,19);4-5H2,1-3H3;4-9H,3H2,1-2H3. The van der Waals surface area contributed by atoms with E-state index in [0.717, 1.165) is 32.4 Å². The molecule has 1 atom stereocenters. The highest BCUT2D eigenvalue weighted by molar-refractivity contribution is 5.82. The van der Waals surface area contributed by atoms with Crippen LogP contribution in [0.25, 0.3) is 0 Å².